The minimum Gasteiger partial charge on any atom is -0.497 e. The zero-order valence-corrected chi connectivity index (χ0v) is 20.1. The summed E-state index contributed by atoms with van der Waals surface area (Å²) in [5, 5.41) is 7.80. The van der Waals surface area contributed by atoms with Gasteiger partial charge in [-0.05, 0) is 41.8 Å². The van der Waals surface area contributed by atoms with Crippen LogP contribution in [0.15, 0.2) is 58.2 Å². The third kappa shape index (κ3) is 5.43. The van der Waals surface area contributed by atoms with Gasteiger partial charge in [-0.1, -0.05) is 58.9 Å². The van der Waals surface area contributed by atoms with Gasteiger partial charge in [0.1, 0.15) is 11.4 Å². The van der Waals surface area contributed by atoms with Crippen LogP contribution < -0.4 is 20.3 Å². The molecule has 4 rings (SSSR count). The maximum atomic E-state index is 5.25. The number of thioether (sulfide) groups is 1. The molecule has 1 aliphatic heterocycles. The fourth-order valence-electron chi connectivity index (χ4n) is 3.33. The van der Waals surface area contributed by atoms with Crippen LogP contribution in [-0.4, -0.2) is 29.5 Å². The van der Waals surface area contributed by atoms with Crippen LogP contribution in [-0.2, 0) is 13.1 Å². The van der Waals surface area contributed by atoms with E-state index in [2.05, 4.69) is 74.8 Å². The normalized spacial score (nSPS) is 12.4. The molecule has 0 aliphatic carbocycles. The fraction of sp³-hybridized carbons (Fsp3) is 0.304. The van der Waals surface area contributed by atoms with Crippen molar-refractivity contribution >= 4 is 45.0 Å². The SMILES string of the molecule is CCCSc1nc(NCc2ccc(OC)cc2)c2c(n1)N(Cc1ccc(Br)cc1)CN2. The lowest BCUT2D eigenvalue weighted by Gasteiger charge is -2.18. The maximum absolute atomic E-state index is 5.25. The number of hydrogen-bond donors (Lipinski definition) is 2. The molecule has 162 valence electrons. The molecule has 8 heteroatoms. The predicted molar refractivity (Wildman–Crippen MR) is 132 cm³/mol. The number of methoxy groups -OCH3 is 1. The Morgan fingerprint density at radius 2 is 1.84 bits per heavy atom. The molecule has 0 fully saturated rings. The molecule has 0 amide bonds. The summed E-state index contributed by atoms with van der Waals surface area (Å²) in [5.74, 6) is 3.65. The van der Waals surface area contributed by atoms with Crippen LogP contribution in [0, 0.1) is 0 Å². The predicted octanol–water partition coefficient (Wildman–Crippen LogP) is 5.75. The number of hydrogen-bond acceptors (Lipinski definition) is 7. The van der Waals surface area contributed by atoms with E-state index in [1.54, 1.807) is 18.9 Å². The summed E-state index contributed by atoms with van der Waals surface area (Å²) >= 11 is 5.21. The van der Waals surface area contributed by atoms with Crippen molar-refractivity contribution in [2.24, 2.45) is 0 Å². The number of ether oxygens (including phenoxy) is 1. The average Bonchev–Trinajstić information content (AvgIpc) is 3.20. The van der Waals surface area contributed by atoms with Crippen LogP contribution in [0.4, 0.5) is 17.3 Å². The second-order valence-corrected chi connectivity index (χ2v) is 9.24. The van der Waals surface area contributed by atoms with E-state index in [1.165, 1.54) is 11.1 Å². The quantitative estimate of drug-likeness (QED) is 0.287. The number of fused-ring (bicyclic) bond motifs is 1. The highest BCUT2D eigenvalue weighted by Gasteiger charge is 2.25. The van der Waals surface area contributed by atoms with Crippen LogP contribution in [0.3, 0.4) is 0 Å². The summed E-state index contributed by atoms with van der Waals surface area (Å²) in [5.41, 5.74) is 3.37. The molecule has 0 saturated heterocycles. The number of halogens is 1. The summed E-state index contributed by atoms with van der Waals surface area (Å²) < 4.78 is 6.34. The lowest BCUT2D eigenvalue weighted by Crippen LogP contribution is -2.22. The lowest BCUT2D eigenvalue weighted by molar-refractivity contribution is 0.414. The second-order valence-electron chi connectivity index (χ2n) is 7.26. The molecule has 31 heavy (non-hydrogen) atoms. The van der Waals surface area contributed by atoms with Gasteiger partial charge in [-0.15, -0.1) is 0 Å². The van der Waals surface area contributed by atoms with Crippen molar-refractivity contribution in [3.05, 3.63) is 64.1 Å². The van der Waals surface area contributed by atoms with E-state index in [0.717, 1.165) is 51.4 Å². The van der Waals surface area contributed by atoms with Crippen molar-refractivity contribution in [3.63, 3.8) is 0 Å². The third-order valence-corrected chi connectivity index (χ3v) is 6.54. The summed E-state index contributed by atoms with van der Waals surface area (Å²) in [4.78, 5) is 11.9. The monoisotopic (exact) mass is 499 g/mol. The zero-order valence-electron chi connectivity index (χ0n) is 17.7. The Labute approximate surface area is 195 Å². The molecule has 6 nitrogen and oxygen atoms in total. The Morgan fingerprint density at radius 1 is 1.10 bits per heavy atom. The van der Waals surface area contributed by atoms with Crippen LogP contribution >= 0.6 is 27.7 Å². The molecule has 0 saturated carbocycles. The Bertz CT molecular complexity index is 1010. The average molecular weight is 500 g/mol. The van der Waals surface area contributed by atoms with Gasteiger partial charge in [0, 0.05) is 23.3 Å². The number of benzene rings is 2. The van der Waals surface area contributed by atoms with Crippen molar-refractivity contribution < 1.29 is 4.74 Å². The molecule has 0 atom stereocenters. The molecular weight excluding hydrogens is 474 g/mol. The minimum absolute atomic E-state index is 0.680. The van der Waals surface area contributed by atoms with E-state index in [9.17, 15) is 0 Å². The topological polar surface area (TPSA) is 62.3 Å². The molecule has 1 aliphatic rings. The first-order valence-corrected chi connectivity index (χ1v) is 12.1. The largest absolute Gasteiger partial charge is 0.497 e. The van der Waals surface area contributed by atoms with Crippen LogP contribution in [0.1, 0.15) is 24.5 Å². The van der Waals surface area contributed by atoms with Crippen molar-refractivity contribution in [2.45, 2.75) is 31.6 Å². The van der Waals surface area contributed by atoms with E-state index >= 15 is 0 Å². The molecule has 0 spiro atoms. The number of nitrogens with zero attached hydrogens (tertiary/aromatic N) is 3. The van der Waals surface area contributed by atoms with Gasteiger partial charge in [-0.25, -0.2) is 9.97 Å². The number of aromatic nitrogens is 2. The molecule has 2 heterocycles. The molecule has 1 aromatic heterocycles. The first-order chi connectivity index (χ1) is 15.2. The van der Waals surface area contributed by atoms with Crippen LogP contribution in [0.2, 0.25) is 0 Å². The van der Waals surface area contributed by atoms with Gasteiger partial charge in [0.2, 0.25) is 0 Å². The molecule has 2 aromatic carbocycles. The van der Waals surface area contributed by atoms with E-state index in [1.807, 2.05) is 12.1 Å². The van der Waals surface area contributed by atoms with E-state index in [4.69, 9.17) is 14.7 Å². The molecule has 2 N–H and O–H groups in total. The molecule has 0 radical (unpaired) electrons. The third-order valence-electron chi connectivity index (χ3n) is 4.96. The molecule has 3 aromatic rings. The first-order valence-electron chi connectivity index (χ1n) is 10.3. The van der Waals surface area contributed by atoms with Crippen LogP contribution in [0.25, 0.3) is 0 Å². The lowest BCUT2D eigenvalue weighted by atomic mass is 10.2. The van der Waals surface area contributed by atoms with Gasteiger partial charge in [0.05, 0.1) is 13.8 Å². The summed E-state index contributed by atoms with van der Waals surface area (Å²) in [6, 6.07) is 16.5. The van der Waals surface area contributed by atoms with Crippen molar-refractivity contribution in [1.29, 1.82) is 0 Å². The molecule has 0 unspecified atom stereocenters. The standard InChI is InChI=1S/C23H26BrN5OS/c1-3-12-31-23-27-21(25-13-16-6-10-19(30-2)11-7-16)20-22(28-23)29(15-26-20)14-17-4-8-18(24)9-5-17/h4-11,26H,3,12-15H2,1-2H3,(H,25,27,28). The molecule has 0 bridgehead atoms. The summed E-state index contributed by atoms with van der Waals surface area (Å²) in [6.07, 6.45) is 1.08. The maximum Gasteiger partial charge on any atom is 0.191 e. The summed E-state index contributed by atoms with van der Waals surface area (Å²) in [7, 11) is 1.68. The van der Waals surface area contributed by atoms with Crippen molar-refractivity contribution in [2.75, 3.05) is 35.1 Å². The Kier molecular flexibility index (Phi) is 7.19. The number of rotatable bonds is 9. The van der Waals surface area contributed by atoms with Crippen LogP contribution in [0.5, 0.6) is 5.75 Å². The minimum atomic E-state index is 0.680. The van der Waals surface area contributed by atoms with Gasteiger partial charge < -0.3 is 20.3 Å². The smallest absolute Gasteiger partial charge is 0.191 e. The van der Waals surface area contributed by atoms with E-state index < -0.39 is 0 Å². The highest BCUT2D eigenvalue weighted by Crippen LogP contribution is 2.38. The van der Waals surface area contributed by atoms with E-state index in [-0.39, 0.29) is 0 Å². The fourth-order valence-corrected chi connectivity index (χ4v) is 4.28. The number of nitrogens with one attached hydrogen (secondary N) is 2. The van der Waals surface area contributed by atoms with Gasteiger partial charge in [-0.2, -0.15) is 0 Å². The Morgan fingerprint density at radius 3 is 2.55 bits per heavy atom. The zero-order chi connectivity index (χ0) is 21.6. The number of anilines is 3. The van der Waals surface area contributed by atoms with Gasteiger partial charge in [0.15, 0.2) is 16.8 Å². The summed E-state index contributed by atoms with van der Waals surface area (Å²) in [6.45, 7) is 4.35. The van der Waals surface area contributed by atoms with Gasteiger partial charge in [0.25, 0.3) is 0 Å². The molecular formula is C23H26BrN5OS. The highest BCUT2D eigenvalue weighted by molar-refractivity contribution is 9.10. The van der Waals surface area contributed by atoms with E-state index in [0.29, 0.717) is 13.2 Å². The Balaban J connectivity index is 1.56. The first kappa shape index (κ1) is 21.8. The highest BCUT2D eigenvalue weighted by atomic mass is 79.9. The van der Waals surface area contributed by atoms with Crippen molar-refractivity contribution in [3.8, 4) is 5.75 Å². The van der Waals surface area contributed by atoms with Gasteiger partial charge >= 0.3 is 0 Å². The van der Waals surface area contributed by atoms with Crippen molar-refractivity contribution in [1.82, 2.24) is 9.97 Å². The second kappa shape index (κ2) is 10.2. The Hall–Kier alpha value is -2.45. The van der Waals surface area contributed by atoms with Gasteiger partial charge in [-0.3, -0.25) is 0 Å².